The van der Waals surface area contributed by atoms with Crippen molar-refractivity contribution in [2.45, 2.75) is 25.7 Å². The molecule has 0 bridgehead atoms. The van der Waals surface area contributed by atoms with Crippen LogP contribution in [0.1, 0.15) is 34.4 Å². The molecule has 0 spiro atoms. The Morgan fingerprint density at radius 3 is 2.22 bits per heavy atom. The third-order valence-corrected chi connectivity index (χ3v) is 7.29. The fourth-order valence-electron chi connectivity index (χ4n) is 5.56. The maximum atomic E-state index is 14.6. The number of fused-ring (bicyclic) bond motifs is 6. The fourth-order valence-corrected chi connectivity index (χ4v) is 5.56. The van der Waals surface area contributed by atoms with Gasteiger partial charge in [-0.15, -0.1) is 0 Å². The second kappa shape index (κ2) is 8.62. The lowest BCUT2D eigenvalue weighted by Crippen LogP contribution is -2.19. The molecule has 1 aliphatic heterocycles. The van der Waals surface area contributed by atoms with E-state index in [2.05, 4.69) is 0 Å². The molecule has 0 saturated heterocycles. The topological polar surface area (TPSA) is 52.8 Å². The lowest BCUT2D eigenvalue weighted by atomic mass is 9.87. The summed E-state index contributed by atoms with van der Waals surface area (Å²) in [5.41, 5.74) is 7.66. The molecule has 0 fully saturated rings. The minimum absolute atomic E-state index is 0.171. The summed E-state index contributed by atoms with van der Waals surface area (Å²) in [5, 5.41) is 0. The molecule has 0 atom stereocenters. The number of ether oxygens (including phenoxy) is 2. The summed E-state index contributed by atoms with van der Waals surface area (Å²) in [5.74, 6) is 1.47. The van der Waals surface area contributed by atoms with Gasteiger partial charge >= 0.3 is 7.40 Å². The molecule has 3 aliphatic rings. The Balaban J connectivity index is 1.51. The molecule has 0 unspecified atom stereocenters. The first kappa shape index (κ1) is 22.5. The van der Waals surface area contributed by atoms with Gasteiger partial charge in [-0.25, -0.2) is 4.99 Å². The standard InChI is InChI=1S/C28H23BF2N2O3/c1-35-20-7-9-22-16(11-20)3-5-18-13-25(32-27(18)22)24(15-34)26-14-19-6-4-17-12-21(36-2)8-10-23(17)28(19)33(26)29(30)31/h7-15H,3-6H2,1-2H3/b25-24-. The Morgan fingerprint density at radius 1 is 0.917 bits per heavy atom. The Kier molecular flexibility index (Phi) is 5.40. The van der Waals surface area contributed by atoms with Gasteiger partial charge in [0.1, 0.15) is 11.5 Å². The smallest absolute Gasteiger partial charge is 0.497 e. The second-order valence-electron chi connectivity index (χ2n) is 9.14. The average molecular weight is 484 g/mol. The molecular weight excluding hydrogens is 461 g/mol. The normalized spacial score (nSPS) is 16.7. The molecule has 2 heterocycles. The van der Waals surface area contributed by atoms with Crippen LogP contribution in [-0.4, -0.2) is 38.1 Å². The Labute approximate surface area is 208 Å². The minimum atomic E-state index is -2.82. The zero-order valence-corrected chi connectivity index (χ0v) is 20.0. The van der Waals surface area contributed by atoms with Crippen molar-refractivity contribution in [1.82, 2.24) is 4.48 Å². The number of benzene rings is 2. The number of nitrogens with zero attached hydrogens (tertiary/aromatic N) is 2. The molecule has 36 heavy (non-hydrogen) atoms. The van der Waals surface area contributed by atoms with E-state index in [9.17, 15) is 13.4 Å². The van der Waals surface area contributed by atoms with Crippen LogP contribution in [0.25, 0.3) is 16.8 Å². The van der Waals surface area contributed by atoms with Crippen molar-refractivity contribution >= 4 is 25.0 Å². The van der Waals surface area contributed by atoms with E-state index in [4.69, 9.17) is 14.5 Å². The van der Waals surface area contributed by atoms with Crippen molar-refractivity contribution in [2.24, 2.45) is 4.99 Å². The summed E-state index contributed by atoms with van der Waals surface area (Å²) in [7, 11) is 0.402. The highest BCUT2D eigenvalue weighted by Gasteiger charge is 2.33. The summed E-state index contributed by atoms with van der Waals surface area (Å²) in [4.78, 5) is 17.2. The third-order valence-electron chi connectivity index (χ3n) is 7.29. The molecule has 3 aromatic rings. The van der Waals surface area contributed by atoms with Crippen molar-refractivity contribution in [3.63, 3.8) is 0 Å². The number of aryl methyl sites for hydroxylation is 3. The van der Waals surface area contributed by atoms with Gasteiger partial charge < -0.3 is 14.0 Å². The molecular formula is C28H23BF2N2O3. The van der Waals surface area contributed by atoms with Gasteiger partial charge in [-0.3, -0.25) is 13.4 Å². The predicted octanol–water partition coefficient (Wildman–Crippen LogP) is 5.33. The highest BCUT2D eigenvalue weighted by atomic mass is 19.2. The van der Waals surface area contributed by atoms with Gasteiger partial charge in [-0.2, -0.15) is 0 Å². The van der Waals surface area contributed by atoms with Crippen molar-refractivity contribution < 1.29 is 22.9 Å². The van der Waals surface area contributed by atoms with E-state index in [0.29, 0.717) is 36.3 Å². The lowest BCUT2D eigenvalue weighted by molar-refractivity contribution is -0.103. The van der Waals surface area contributed by atoms with Gasteiger partial charge in [0, 0.05) is 22.5 Å². The van der Waals surface area contributed by atoms with Crippen molar-refractivity contribution in [2.75, 3.05) is 14.2 Å². The number of carbonyl (C=O) groups is 1. The SMILES string of the molecule is COc1ccc2c(c1)CCC1=C/C(=C(\C=O)c3cc4c(n3B(F)F)-c3ccc(OC)cc3CC4)N=C12. The monoisotopic (exact) mass is 484 g/mol. The number of hydrogen-bond donors (Lipinski definition) is 0. The largest absolute Gasteiger partial charge is 0.678 e. The van der Waals surface area contributed by atoms with E-state index in [1.54, 1.807) is 26.4 Å². The first-order chi connectivity index (χ1) is 17.5. The van der Waals surface area contributed by atoms with Crippen molar-refractivity contribution in [1.29, 1.82) is 0 Å². The van der Waals surface area contributed by atoms with Crippen LogP contribution in [0.4, 0.5) is 8.63 Å². The first-order valence-corrected chi connectivity index (χ1v) is 11.9. The molecule has 8 heteroatoms. The van der Waals surface area contributed by atoms with E-state index in [1.165, 1.54) is 0 Å². The maximum absolute atomic E-state index is 14.6. The van der Waals surface area contributed by atoms with Crippen LogP contribution >= 0.6 is 0 Å². The zero-order chi connectivity index (χ0) is 25.0. The number of hydrogen-bond acceptors (Lipinski definition) is 4. The molecule has 2 aliphatic carbocycles. The number of rotatable bonds is 5. The van der Waals surface area contributed by atoms with E-state index < -0.39 is 7.40 Å². The fraction of sp³-hybridized carbons (Fsp3) is 0.214. The van der Waals surface area contributed by atoms with Crippen LogP contribution in [-0.2, 0) is 24.1 Å². The molecule has 5 nitrogen and oxygen atoms in total. The molecule has 0 radical (unpaired) electrons. The lowest BCUT2D eigenvalue weighted by Gasteiger charge is -2.20. The number of carbonyl (C=O) groups excluding carboxylic acids is 1. The molecule has 180 valence electrons. The second-order valence-corrected chi connectivity index (χ2v) is 9.14. The maximum Gasteiger partial charge on any atom is 0.678 e. The van der Waals surface area contributed by atoms with Gasteiger partial charge in [0.2, 0.25) is 0 Å². The number of halogens is 2. The third kappa shape index (κ3) is 3.43. The van der Waals surface area contributed by atoms with Crippen LogP contribution < -0.4 is 9.47 Å². The minimum Gasteiger partial charge on any atom is -0.497 e. The van der Waals surface area contributed by atoms with Crippen molar-refractivity contribution in [3.05, 3.63) is 87.8 Å². The molecule has 0 saturated carbocycles. The summed E-state index contributed by atoms with van der Waals surface area (Å²) in [6, 6.07) is 13.1. The summed E-state index contributed by atoms with van der Waals surface area (Å²) in [6.07, 6.45) is 5.42. The number of aliphatic imine (C=N–C) groups is 1. The van der Waals surface area contributed by atoms with Crippen molar-refractivity contribution in [3.8, 4) is 22.8 Å². The van der Waals surface area contributed by atoms with Gasteiger partial charge in [-0.05, 0) is 96.5 Å². The van der Waals surface area contributed by atoms with Gasteiger partial charge in [0.25, 0.3) is 0 Å². The molecule has 1 aromatic heterocycles. The molecule has 0 amide bonds. The van der Waals surface area contributed by atoms with E-state index in [0.717, 1.165) is 62.2 Å². The highest BCUT2D eigenvalue weighted by Crippen LogP contribution is 2.41. The molecule has 0 N–H and O–H groups in total. The average Bonchev–Trinajstić information content (AvgIpc) is 3.50. The number of methoxy groups -OCH3 is 2. The van der Waals surface area contributed by atoms with E-state index in [-0.39, 0.29) is 11.3 Å². The zero-order valence-electron chi connectivity index (χ0n) is 20.0. The van der Waals surface area contributed by atoms with Gasteiger partial charge in [0.05, 0.1) is 31.2 Å². The first-order valence-electron chi connectivity index (χ1n) is 11.9. The van der Waals surface area contributed by atoms with Crippen LogP contribution in [0.3, 0.4) is 0 Å². The van der Waals surface area contributed by atoms with Crippen LogP contribution in [0.2, 0.25) is 0 Å². The Bertz CT molecular complexity index is 1520. The summed E-state index contributed by atoms with van der Waals surface area (Å²) < 4.78 is 40.8. The molecule has 6 rings (SSSR count). The molecule has 2 aromatic carbocycles. The van der Waals surface area contributed by atoms with E-state index >= 15 is 0 Å². The number of aromatic nitrogens is 1. The Hall–Kier alpha value is -3.94. The van der Waals surface area contributed by atoms with Crippen LogP contribution in [0.5, 0.6) is 11.5 Å². The van der Waals surface area contributed by atoms with Gasteiger partial charge in [-0.1, -0.05) is 0 Å². The van der Waals surface area contributed by atoms with Gasteiger partial charge in [0.15, 0.2) is 6.29 Å². The highest BCUT2D eigenvalue weighted by molar-refractivity contribution is 6.43. The Morgan fingerprint density at radius 2 is 1.56 bits per heavy atom. The number of allylic oxidation sites excluding steroid dienone is 3. The quantitative estimate of drug-likeness (QED) is 0.280. The summed E-state index contributed by atoms with van der Waals surface area (Å²) >= 11 is 0. The van der Waals surface area contributed by atoms with E-state index in [1.807, 2.05) is 36.4 Å². The van der Waals surface area contributed by atoms with Crippen LogP contribution in [0, 0.1) is 0 Å². The predicted molar refractivity (Wildman–Crippen MR) is 136 cm³/mol. The summed E-state index contributed by atoms with van der Waals surface area (Å²) in [6.45, 7) is 0. The van der Waals surface area contributed by atoms with Crippen LogP contribution in [0.15, 0.2) is 64.8 Å². The number of aldehydes is 1.